The number of benzene rings is 9. The molecule has 0 saturated carbocycles. The quantitative estimate of drug-likeness (QED) is 0.172. The van der Waals surface area contributed by atoms with Gasteiger partial charge in [-0.15, -0.1) is 11.3 Å². The smallest absolute Gasteiger partial charge is 0.159 e. The Morgan fingerprint density at radius 2 is 1.15 bits per heavy atom. The van der Waals surface area contributed by atoms with Gasteiger partial charge in [-0.05, 0) is 91.2 Å². The average molecular weight is 777 g/mol. The third-order valence-corrected chi connectivity index (χ3v) is 12.1. The first-order chi connectivity index (χ1) is 31.3. The minimum Gasteiger partial charge on any atom is -0.344 e. The van der Waals surface area contributed by atoms with Gasteiger partial charge in [-0.25, -0.2) is 9.98 Å². The van der Waals surface area contributed by atoms with Crippen LogP contribution in [0.4, 0.5) is 0 Å². The molecule has 4 heteroatoms. The molecule has 0 radical (unpaired) electrons. The first-order valence-electron chi connectivity index (χ1n) is 22.1. The van der Waals surface area contributed by atoms with E-state index in [0.29, 0.717) is 22.8 Å². The topological polar surface area (TPSA) is 36.8 Å². The van der Waals surface area contributed by atoms with Crippen LogP contribution >= 0.6 is 11.3 Å². The lowest BCUT2D eigenvalue weighted by atomic mass is 9.88. The minimum absolute atomic E-state index is 0.153. The van der Waals surface area contributed by atoms with Crippen molar-refractivity contribution in [1.82, 2.24) is 5.32 Å². The molecule has 2 heterocycles. The van der Waals surface area contributed by atoms with E-state index in [1.54, 1.807) is 11.3 Å². The number of thiophene rings is 1. The predicted molar refractivity (Wildman–Crippen MR) is 250 cm³/mol. The van der Waals surface area contributed by atoms with Gasteiger partial charge >= 0.3 is 0 Å². The third kappa shape index (κ3) is 6.50. The summed E-state index contributed by atoms with van der Waals surface area (Å²) >= 11 is 1.60. The fourth-order valence-electron chi connectivity index (χ4n) is 8.22. The van der Waals surface area contributed by atoms with Crippen LogP contribution in [0.2, 0.25) is 0 Å². The van der Waals surface area contributed by atoms with Crippen LogP contribution < -0.4 is 5.32 Å². The number of aliphatic imine (C=N–C) groups is 2. The summed E-state index contributed by atoms with van der Waals surface area (Å²) in [6.45, 7) is 0. The molecule has 1 aliphatic heterocycles. The molecule has 0 bridgehead atoms. The second-order valence-electron chi connectivity index (χ2n) is 14.6. The summed E-state index contributed by atoms with van der Waals surface area (Å²) < 4.78 is 45.4. The normalized spacial score (nSPS) is 15.1. The number of fused-ring (bicyclic) bond motifs is 4. The SMILES string of the molecule is [2H]c1c([2H])c([2H])c(-c2cc(C3=NC(c4cccc(-c5ccc6ccc(-c7ccccc7)c(-c7ccccc7)c6c5)c4)=NC(c4ccccc4)N3)cc3sc4ccccc4c23)c([2H])c1[2H]. The molecule has 1 aromatic heterocycles. The molecule has 0 fully saturated rings. The summed E-state index contributed by atoms with van der Waals surface area (Å²) in [5.41, 5.74) is 9.96. The van der Waals surface area contributed by atoms with Crippen LogP contribution in [0.15, 0.2) is 222 Å². The minimum atomic E-state index is -0.486. The fourth-order valence-corrected chi connectivity index (χ4v) is 9.39. The van der Waals surface area contributed by atoms with Gasteiger partial charge in [-0.3, -0.25) is 0 Å². The average Bonchev–Trinajstić information content (AvgIpc) is 3.74. The summed E-state index contributed by atoms with van der Waals surface area (Å²) in [6.07, 6.45) is -0.486. The molecule has 3 nitrogen and oxygen atoms in total. The lowest BCUT2D eigenvalue weighted by molar-refractivity contribution is 0.674. The Bertz CT molecular complexity index is 3500. The first kappa shape index (κ1) is 29.8. The standard InChI is InChI=1S/C55H37N3S/c1-5-16-36(17-6-1)45-31-30-38-28-29-42(33-47(38)51(45)39-20-9-3-10-21-39)41-24-15-25-43(32-41)54-56-53(40-22-11-4-12-23-40)57-55(58-54)44-34-48(37-18-7-2-8-19-37)52-46-26-13-14-27-49(46)59-50(52)35-44/h1-35,53H,(H,56,57,58)/i2D,7D,8D,18D,19D. The summed E-state index contributed by atoms with van der Waals surface area (Å²) in [5, 5.41) is 7.70. The maximum atomic E-state index is 9.02. The van der Waals surface area contributed by atoms with E-state index in [9.17, 15) is 0 Å². The molecule has 0 amide bonds. The first-order valence-corrected chi connectivity index (χ1v) is 20.4. The Morgan fingerprint density at radius 1 is 0.475 bits per heavy atom. The van der Waals surface area contributed by atoms with Gasteiger partial charge in [0.2, 0.25) is 0 Å². The fraction of sp³-hybridized carbons (Fsp3) is 0.0182. The molecule has 0 spiro atoms. The maximum Gasteiger partial charge on any atom is 0.159 e. The predicted octanol–water partition coefficient (Wildman–Crippen LogP) is 14.4. The second kappa shape index (κ2) is 14.8. The van der Waals surface area contributed by atoms with Gasteiger partial charge < -0.3 is 5.32 Å². The molecule has 1 unspecified atom stereocenters. The highest BCUT2D eigenvalue weighted by atomic mass is 32.1. The van der Waals surface area contributed by atoms with Crippen molar-refractivity contribution in [2.45, 2.75) is 6.17 Å². The summed E-state index contributed by atoms with van der Waals surface area (Å²) in [4.78, 5) is 10.4. The van der Waals surface area contributed by atoms with Crippen molar-refractivity contribution in [1.29, 1.82) is 0 Å². The zero-order valence-corrected chi connectivity index (χ0v) is 32.5. The maximum absolute atomic E-state index is 9.02. The van der Waals surface area contributed by atoms with E-state index in [4.69, 9.17) is 16.8 Å². The van der Waals surface area contributed by atoms with Crippen LogP contribution in [-0.4, -0.2) is 11.7 Å². The van der Waals surface area contributed by atoms with Crippen LogP contribution in [-0.2, 0) is 0 Å². The number of rotatable bonds is 7. The Balaban J connectivity index is 1.08. The zero-order chi connectivity index (χ0) is 43.5. The number of amidine groups is 2. The lowest BCUT2D eigenvalue weighted by Gasteiger charge is -2.24. The van der Waals surface area contributed by atoms with Gasteiger partial charge in [0.15, 0.2) is 5.84 Å². The van der Waals surface area contributed by atoms with Gasteiger partial charge in [0.25, 0.3) is 0 Å². The zero-order valence-electron chi connectivity index (χ0n) is 36.7. The highest BCUT2D eigenvalue weighted by Crippen LogP contribution is 2.42. The molecule has 10 aromatic rings. The second-order valence-corrected chi connectivity index (χ2v) is 15.7. The Hall–Kier alpha value is -7.40. The van der Waals surface area contributed by atoms with Gasteiger partial charge in [-0.1, -0.05) is 182 Å². The van der Waals surface area contributed by atoms with E-state index in [1.165, 1.54) is 11.1 Å². The van der Waals surface area contributed by atoms with Crippen molar-refractivity contribution in [3.05, 3.63) is 229 Å². The van der Waals surface area contributed by atoms with E-state index < -0.39 is 12.2 Å². The van der Waals surface area contributed by atoms with E-state index in [2.05, 4.69) is 108 Å². The van der Waals surface area contributed by atoms with Crippen molar-refractivity contribution >= 4 is 54.0 Å². The van der Waals surface area contributed by atoms with Crippen LogP contribution in [0.1, 0.15) is 29.7 Å². The van der Waals surface area contributed by atoms with Gasteiger partial charge in [-0.2, -0.15) is 0 Å². The molecule has 9 aromatic carbocycles. The third-order valence-electron chi connectivity index (χ3n) is 11.0. The van der Waals surface area contributed by atoms with Crippen LogP contribution in [0.25, 0.3) is 75.5 Å². The number of nitrogens with zero attached hydrogens (tertiary/aromatic N) is 2. The molecular formula is C55H37N3S. The van der Waals surface area contributed by atoms with E-state index >= 15 is 0 Å². The Kier molecular flexibility index (Phi) is 7.49. The molecule has 59 heavy (non-hydrogen) atoms. The molecule has 1 atom stereocenters. The molecule has 0 saturated heterocycles. The highest BCUT2D eigenvalue weighted by Gasteiger charge is 2.23. The molecule has 1 aliphatic rings. The van der Waals surface area contributed by atoms with E-state index in [0.717, 1.165) is 64.3 Å². The van der Waals surface area contributed by atoms with Crippen molar-refractivity contribution < 1.29 is 6.85 Å². The summed E-state index contributed by atoms with van der Waals surface area (Å²) in [7, 11) is 0. The van der Waals surface area contributed by atoms with Crippen LogP contribution in [0.3, 0.4) is 0 Å². The largest absolute Gasteiger partial charge is 0.344 e. The van der Waals surface area contributed by atoms with Crippen molar-refractivity contribution in [3.8, 4) is 44.5 Å². The highest BCUT2D eigenvalue weighted by molar-refractivity contribution is 7.26. The number of hydrogen-bond donors (Lipinski definition) is 1. The Morgan fingerprint density at radius 3 is 1.97 bits per heavy atom. The molecule has 278 valence electrons. The summed E-state index contributed by atoms with van der Waals surface area (Å²) in [6, 6.07) is 60.9. The number of hydrogen-bond acceptors (Lipinski definition) is 4. The number of nitrogens with one attached hydrogen (secondary N) is 1. The Labute approximate surface area is 354 Å². The van der Waals surface area contributed by atoms with E-state index in [1.807, 2.05) is 78.9 Å². The van der Waals surface area contributed by atoms with Gasteiger partial charge in [0.1, 0.15) is 12.0 Å². The molecule has 0 aliphatic carbocycles. The van der Waals surface area contributed by atoms with Gasteiger partial charge in [0, 0.05) is 31.3 Å². The monoisotopic (exact) mass is 776 g/mol. The van der Waals surface area contributed by atoms with Crippen molar-refractivity contribution in [2.75, 3.05) is 0 Å². The van der Waals surface area contributed by atoms with Crippen LogP contribution in [0.5, 0.6) is 0 Å². The summed E-state index contributed by atoms with van der Waals surface area (Å²) in [5.74, 6) is 1.10. The van der Waals surface area contributed by atoms with Crippen molar-refractivity contribution in [3.63, 3.8) is 0 Å². The molecular weight excluding hydrogens is 735 g/mol. The molecule has 11 rings (SSSR count). The van der Waals surface area contributed by atoms with Crippen LogP contribution in [0, 0.1) is 0 Å². The van der Waals surface area contributed by atoms with Gasteiger partial charge in [0.05, 0.1) is 6.85 Å². The molecule has 1 N–H and O–H groups in total. The van der Waals surface area contributed by atoms with Crippen molar-refractivity contribution in [2.24, 2.45) is 9.98 Å². The lowest BCUT2D eigenvalue weighted by Crippen LogP contribution is -2.33. The van der Waals surface area contributed by atoms with E-state index in [-0.39, 0.29) is 29.7 Å².